The molecule has 0 heterocycles. The molecule has 0 saturated carbocycles. The third-order valence-electron chi connectivity index (χ3n) is 0.989. The summed E-state index contributed by atoms with van der Waals surface area (Å²) in [6, 6.07) is 1.92. The Balaban J connectivity index is 3.89. The van der Waals surface area contributed by atoms with Gasteiger partial charge in [0.15, 0.2) is 0 Å². The molecular formula is C7H9N. The third-order valence-corrected chi connectivity index (χ3v) is 0.989. The van der Waals surface area contributed by atoms with Crippen molar-refractivity contribution in [2.75, 3.05) is 0 Å². The van der Waals surface area contributed by atoms with Gasteiger partial charge >= 0.3 is 0 Å². The van der Waals surface area contributed by atoms with Gasteiger partial charge in [-0.2, -0.15) is 5.26 Å². The Morgan fingerprint density at radius 1 is 1.62 bits per heavy atom. The first kappa shape index (κ1) is 6.97. The molecule has 0 N–H and O–H groups in total. The van der Waals surface area contributed by atoms with Crippen molar-refractivity contribution in [1.29, 1.82) is 5.26 Å². The first-order chi connectivity index (χ1) is 3.72. The van der Waals surface area contributed by atoms with Crippen LogP contribution in [0.1, 0.15) is 13.3 Å². The Hall–Kier alpha value is -1.03. The number of hydrogen-bond acceptors (Lipinski definition) is 1. The zero-order valence-electron chi connectivity index (χ0n) is 5.07. The molecule has 0 aliphatic carbocycles. The van der Waals surface area contributed by atoms with Crippen molar-refractivity contribution in [1.82, 2.24) is 0 Å². The molecule has 0 amide bonds. The van der Waals surface area contributed by atoms with Crippen LogP contribution in [-0.4, -0.2) is 0 Å². The fourth-order valence-corrected chi connectivity index (χ4v) is 0.292. The fourth-order valence-electron chi connectivity index (χ4n) is 0.292. The molecule has 0 fully saturated rings. The molecule has 0 aliphatic heterocycles. The maximum atomic E-state index is 8.23. The predicted molar refractivity (Wildman–Crippen MR) is 34.2 cm³/mol. The first-order valence-electron chi connectivity index (χ1n) is 2.49. The summed E-state index contributed by atoms with van der Waals surface area (Å²) in [4.78, 5) is 0. The molecule has 0 aliphatic rings. The Kier molecular flexibility index (Phi) is 2.64. The molecule has 0 atom stereocenters. The van der Waals surface area contributed by atoms with Gasteiger partial charge < -0.3 is 0 Å². The first-order valence-corrected chi connectivity index (χ1v) is 2.49. The van der Waals surface area contributed by atoms with Crippen LogP contribution >= 0.6 is 0 Å². The molecule has 0 rings (SSSR count). The Morgan fingerprint density at radius 2 is 2.12 bits per heavy atom. The van der Waals surface area contributed by atoms with E-state index in [0.717, 1.165) is 12.0 Å². The lowest BCUT2D eigenvalue weighted by Crippen LogP contribution is -1.78. The average Bonchev–Trinajstić information content (AvgIpc) is 1.84. The second-order valence-corrected chi connectivity index (χ2v) is 1.55. The molecule has 0 unspecified atom stereocenters. The van der Waals surface area contributed by atoms with Crippen molar-refractivity contribution in [3.63, 3.8) is 0 Å². The highest BCUT2D eigenvalue weighted by atomic mass is 14.2. The van der Waals surface area contributed by atoms with Crippen molar-refractivity contribution < 1.29 is 0 Å². The van der Waals surface area contributed by atoms with Crippen molar-refractivity contribution in [3.8, 4) is 6.07 Å². The molecule has 0 bridgehead atoms. The molecule has 0 spiro atoms. The average molecular weight is 107 g/mol. The highest BCUT2D eigenvalue weighted by Crippen LogP contribution is 2.05. The summed E-state index contributed by atoms with van der Waals surface area (Å²) in [5.41, 5.74) is 1.32. The SMILES string of the molecule is C=C(C#N)C(=C)CC. The van der Waals surface area contributed by atoms with Crippen molar-refractivity contribution in [2.45, 2.75) is 13.3 Å². The van der Waals surface area contributed by atoms with E-state index in [0.29, 0.717) is 5.57 Å². The number of hydrogen-bond donors (Lipinski definition) is 0. The van der Waals surface area contributed by atoms with E-state index in [9.17, 15) is 0 Å². The number of allylic oxidation sites excluding steroid dienone is 2. The maximum Gasteiger partial charge on any atom is 0.0988 e. The maximum absolute atomic E-state index is 8.23. The molecule has 0 aromatic carbocycles. The van der Waals surface area contributed by atoms with Gasteiger partial charge in [0.2, 0.25) is 0 Å². The molecule has 1 heteroatoms. The van der Waals surface area contributed by atoms with Crippen LogP contribution in [0.4, 0.5) is 0 Å². The standard InChI is InChI=1S/C7H9N/c1-4-6(2)7(3)5-8/h2-4H2,1H3. The minimum absolute atomic E-state index is 0.493. The molecular weight excluding hydrogens is 98.1 g/mol. The van der Waals surface area contributed by atoms with Crippen LogP contribution in [0.5, 0.6) is 0 Å². The van der Waals surface area contributed by atoms with Crippen LogP contribution in [0, 0.1) is 11.3 Å². The molecule has 0 aromatic rings. The smallest absolute Gasteiger partial charge is 0.0988 e. The molecule has 0 radical (unpaired) electrons. The highest BCUT2D eigenvalue weighted by molar-refractivity contribution is 5.36. The van der Waals surface area contributed by atoms with Gasteiger partial charge in [-0.1, -0.05) is 20.1 Å². The molecule has 42 valence electrons. The van der Waals surface area contributed by atoms with Crippen LogP contribution in [0.25, 0.3) is 0 Å². The van der Waals surface area contributed by atoms with Gasteiger partial charge in [0, 0.05) is 5.57 Å². The lowest BCUT2D eigenvalue weighted by Gasteiger charge is -1.92. The lowest BCUT2D eigenvalue weighted by molar-refractivity contribution is 1.14. The minimum Gasteiger partial charge on any atom is -0.192 e. The van der Waals surface area contributed by atoms with Crippen LogP contribution in [0.3, 0.4) is 0 Å². The second-order valence-electron chi connectivity index (χ2n) is 1.55. The summed E-state index contributed by atoms with van der Waals surface area (Å²) < 4.78 is 0. The van der Waals surface area contributed by atoms with E-state index in [2.05, 4.69) is 13.2 Å². The summed E-state index contributed by atoms with van der Waals surface area (Å²) >= 11 is 0. The fraction of sp³-hybridized carbons (Fsp3) is 0.286. The van der Waals surface area contributed by atoms with Gasteiger partial charge in [-0.25, -0.2) is 0 Å². The summed E-state index contributed by atoms with van der Waals surface area (Å²) in [6.07, 6.45) is 0.812. The summed E-state index contributed by atoms with van der Waals surface area (Å²) in [6.45, 7) is 9.05. The van der Waals surface area contributed by atoms with E-state index >= 15 is 0 Å². The lowest BCUT2D eigenvalue weighted by atomic mass is 10.1. The molecule has 1 nitrogen and oxygen atoms in total. The predicted octanol–water partition coefficient (Wildman–Crippen LogP) is 2.03. The summed E-state index contributed by atoms with van der Waals surface area (Å²) in [5.74, 6) is 0. The summed E-state index contributed by atoms with van der Waals surface area (Å²) in [5, 5.41) is 8.23. The van der Waals surface area contributed by atoms with E-state index in [1.165, 1.54) is 0 Å². The van der Waals surface area contributed by atoms with Crippen LogP contribution in [-0.2, 0) is 0 Å². The second kappa shape index (κ2) is 3.04. The van der Waals surface area contributed by atoms with Gasteiger partial charge in [-0.15, -0.1) is 0 Å². The monoisotopic (exact) mass is 107 g/mol. The Bertz CT molecular complexity index is 148. The third kappa shape index (κ3) is 1.61. The van der Waals surface area contributed by atoms with Gasteiger partial charge in [0.25, 0.3) is 0 Å². The van der Waals surface area contributed by atoms with Crippen molar-refractivity contribution in [3.05, 3.63) is 24.3 Å². The van der Waals surface area contributed by atoms with E-state index in [1.807, 2.05) is 13.0 Å². The Morgan fingerprint density at radius 3 is 2.25 bits per heavy atom. The number of nitriles is 1. The Labute approximate surface area is 49.9 Å². The van der Waals surface area contributed by atoms with Crippen molar-refractivity contribution in [2.24, 2.45) is 0 Å². The zero-order valence-corrected chi connectivity index (χ0v) is 5.07. The van der Waals surface area contributed by atoms with Crippen LogP contribution in [0.15, 0.2) is 24.3 Å². The van der Waals surface area contributed by atoms with E-state index < -0.39 is 0 Å². The molecule has 0 aromatic heterocycles. The van der Waals surface area contributed by atoms with E-state index in [4.69, 9.17) is 5.26 Å². The van der Waals surface area contributed by atoms with E-state index in [-0.39, 0.29) is 0 Å². The van der Waals surface area contributed by atoms with Crippen molar-refractivity contribution >= 4 is 0 Å². The zero-order chi connectivity index (χ0) is 6.57. The van der Waals surface area contributed by atoms with Gasteiger partial charge in [0.1, 0.15) is 0 Å². The van der Waals surface area contributed by atoms with Crippen LogP contribution < -0.4 is 0 Å². The van der Waals surface area contributed by atoms with Gasteiger partial charge in [-0.05, 0) is 12.0 Å². The topological polar surface area (TPSA) is 23.8 Å². The normalized spacial score (nSPS) is 7.50. The molecule has 0 saturated heterocycles. The van der Waals surface area contributed by atoms with Gasteiger partial charge in [-0.3, -0.25) is 0 Å². The number of rotatable bonds is 2. The highest BCUT2D eigenvalue weighted by Gasteiger charge is 1.91. The van der Waals surface area contributed by atoms with E-state index in [1.54, 1.807) is 0 Å². The number of nitrogens with zero attached hydrogens (tertiary/aromatic N) is 1. The largest absolute Gasteiger partial charge is 0.192 e. The minimum atomic E-state index is 0.493. The quantitative estimate of drug-likeness (QED) is 0.391. The molecule has 8 heavy (non-hydrogen) atoms. The van der Waals surface area contributed by atoms with Gasteiger partial charge in [0.05, 0.1) is 6.07 Å². The summed E-state index contributed by atoms with van der Waals surface area (Å²) in [7, 11) is 0. The van der Waals surface area contributed by atoms with Crippen LogP contribution in [0.2, 0.25) is 0 Å².